The molecule has 0 aliphatic rings. The number of hydrogen-bond donors (Lipinski definition) is 2. The first-order valence-corrected chi connectivity index (χ1v) is 6.81. The number of ether oxygens (including phenoxy) is 2. The summed E-state index contributed by atoms with van der Waals surface area (Å²) in [6, 6.07) is 5.83. The van der Waals surface area contributed by atoms with Gasteiger partial charge in [-0.3, -0.25) is 0 Å². The minimum Gasteiger partial charge on any atom is -0.497 e. The number of methoxy groups -OCH3 is 2. The molecule has 0 fully saturated rings. The van der Waals surface area contributed by atoms with E-state index in [1.165, 1.54) is 7.11 Å². The van der Waals surface area contributed by atoms with Gasteiger partial charge in [-0.15, -0.1) is 0 Å². The molecule has 0 bridgehead atoms. The second-order valence-corrected chi connectivity index (χ2v) is 4.72. The van der Waals surface area contributed by atoms with Crippen LogP contribution in [0.3, 0.4) is 0 Å². The number of hydrogen-bond acceptors (Lipinski definition) is 4. The molecule has 0 aliphatic heterocycles. The van der Waals surface area contributed by atoms with Gasteiger partial charge in [-0.1, -0.05) is 26.3 Å². The summed E-state index contributed by atoms with van der Waals surface area (Å²) in [4.78, 5) is 23.7. The maximum Gasteiger partial charge on any atom is 0.328 e. The van der Waals surface area contributed by atoms with Crippen molar-refractivity contribution >= 4 is 17.7 Å². The average molecular weight is 294 g/mol. The number of benzene rings is 1. The predicted molar refractivity (Wildman–Crippen MR) is 80.4 cm³/mol. The van der Waals surface area contributed by atoms with Gasteiger partial charge in [-0.05, 0) is 18.1 Å². The van der Waals surface area contributed by atoms with E-state index in [2.05, 4.69) is 10.6 Å². The Kier molecular flexibility index (Phi) is 6.52. The molecule has 116 valence electrons. The van der Waals surface area contributed by atoms with Gasteiger partial charge in [0.05, 0.1) is 14.2 Å². The number of esters is 1. The Bertz CT molecular complexity index is 490. The molecule has 6 heteroatoms. The summed E-state index contributed by atoms with van der Waals surface area (Å²) >= 11 is 0. The molecule has 2 N–H and O–H groups in total. The van der Waals surface area contributed by atoms with E-state index in [9.17, 15) is 9.59 Å². The highest BCUT2D eigenvalue weighted by Crippen LogP contribution is 2.17. The zero-order valence-corrected chi connectivity index (χ0v) is 12.8. The maximum atomic E-state index is 12.0. The van der Waals surface area contributed by atoms with Crippen molar-refractivity contribution in [1.29, 1.82) is 0 Å². The van der Waals surface area contributed by atoms with Crippen LogP contribution in [0.5, 0.6) is 5.75 Å². The summed E-state index contributed by atoms with van der Waals surface area (Å²) in [7, 11) is 2.86. The fourth-order valence-electron chi connectivity index (χ4n) is 1.81. The standard InChI is InChI=1S/C15H22N2O4/c1-5-10(2)13(14(18)21-4)17-15(19)16-11-7-6-8-12(9-11)20-3/h6-10,13H,5H2,1-4H3,(H2,16,17,19)/t10-,13-/m0/s1. The lowest BCUT2D eigenvalue weighted by atomic mass is 9.99. The minimum atomic E-state index is -0.675. The maximum absolute atomic E-state index is 12.0. The molecule has 0 saturated heterocycles. The molecule has 0 saturated carbocycles. The molecule has 6 nitrogen and oxygen atoms in total. The first kappa shape index (κ1) is 16.8. The predicted octanol–water partition coefficient (Wildman–Crippen LogP) is 2.40. The minimum absolute atomic E-state index is 0.0199. The number of anilines is 1. The highest BCUT2D eigenvalue weighted by atomic mass is 16.5. The largest absolute Gasteiger partial charge is 0.497 e. The third-order valence-corrected chi connectivity index (χ3v) is 3.28. The second kappa shape index (κ2) is 8.14. The number of carbonyl (C=O) groups excluding carboxylic acids is 2. The smallest absolute Gasteiger partial charge is 0.328 e. The molecule has 2 atom stereocenters. The fraction of sp³-hybridized carbons (Fsp3) is 0.467. The van der Waals surface area contributed by atoms with Crippen molar-refractivity contribution in [2.24, 2.45) is 5.92 Å². The van der Waals surface area contributed by atoms with Crippen LogP contribution in [0, 0.1) is 5.92 Å². The summed E-state index contributed by atoms with van der Waals surface area (Å²) in [6.45, 7) is 3.83. The molecule has 0 unspecified atom stereocenters. The lowest BCUT2D eigenvalue weighted by Gasteiger charge is -2.22. The molecule has 1 rings (SSSR count). The second-order valence-electron chi connectivity index (χ2n) is 4.72. The van der Waals surface area contributed by atoms with Gasteiger partial charge >= 0.3 is 12.0 Å². The van der Waals surface area contributed by atoms with Crippen LogP contribution in [0.1, 0.15) is 20.3 Å². The van der Waals surface area contributed by atoms with E-state index in [-0.39, 0.29) is 5.92 Å². The molecule has 2 amide bonds. The first-order chi connectivity index (χ1) is 10.0. The van der Waals surface area contributed by atoms with E-state index in [0.717, 1.165) is 6.42 Å². The monoisotopic (exact) mass is 294 g/mol. The van der Waals surface area contributed by atoms with E-state index < -0.39 is 18.0 Å². The molecule has 0 aliphatic carbocycles. The molecule has 0 spiro atoms. The molecular formula is C15H22N2O4. The summed E-state index contributed by atoms with van der Waals surface area (Å²) in [5.41, 5.74) is 0.583. The van der Waals surface area contributed by atoms with Gasteiger partial charge in [0.25, 0.3) is 0 Å². The van der Waals surface area contributed by atoms with Gasteiger partial charge < -0.3 is 20.1 Å². The Morgan fingerprint density at radius 1 is 1.29 bits per heavy atom. The average Bonchev–Trinajstić information content (AvgIpc) is 2.51. The van der Waals surface area contributed by atoms with Crippen molar-refractivity contribution in [3.63, 3.8) is 0 Å². The fourth-order valence-corrected chi connectivity index (χ4v) is 1.81. The summed E-state index contributed by atoms with van der Waals surface area (Å²) in [5.74, 6) is 0.165. The molecule has 0 heterocycles. The third-order valence-electron chi connectivity index (χ3n) is 3.28. The van der Waals surface area contributed by atoms with Crippen molar-refractivity contribution < 1.29 is 19.1 Å². The zero-order valence-electron chi connectivity index (χ0n) is 12.8. The topological polar surface area (TPSA) is 76.7 Å². The first-order valence-electron chi connectivity index (χ1n) is 6.81. The Morgan fingerprint density at radius 2 is 2.00 bits per heavy atom. The van der Waals surface area contributed by atoms with Crippen molar-refractivity contribution in [1.82, 2.24) is 5.32 Å². The van der Waals surface area contributed by atoms with Gasteiger partial charge in [0.15, 0.2) is 0 Å². The highest BCUT2D eigenvalue weighted by molar-refractivity contribution is 5.92. The van der Waals surface area contributed by atoms with Crippen molar-refractivity contribution in [2.45, 2.75) is 26.3 Å². The van der Waals surface area contributed by atoms with E-state index in [1.807, 2.05) is 13.8 Å². The van der Waals surface area contributed by atoms with Crippen LogP contribution in [-0.2, 0) is 9.53 Å². The van der Waals surface area contributed by atoms with Crippen LogP contribution in [0.25, 0.3) is 0 Å². The lowest BCUT2D eigenvalue weighted by Crippen LogP contribution is -2.47. The van der Waals surface area contributed by atoms with Gasteiger partial charge in [0.1, 0.15) is 11.8 Å². The van der Waals surface area contributed by atoms with E-state index >= 15 is 0 Å². The van der Waals surface area contributed by atoms with Crippen molar-refractivity contribution in [3.8, 4) is 5.75 Å². The number of rotatable bonds is 6. The Morgan fingerprint density at radius 3 is 2.57 bits per heavy atom. The van der Waals surface area contributed by atoms with Crippen molar-refractivity contribution in [2.75, 3.05) is 19.5 Å². The molecular weight excluding hydrogens is 272 g/mol. The normalized spacial score (nSPS) is 13.0. The lowest BCUT2D eigenvalue weighted by molar-refractivity contribution is -0.144. The molecule has 1 aromatic rings. The van der Waals surface area contributed by atoms with Gasteiger partial charge in [0.2, 0.25) is 0 Å². The van der Waals surface area contributed by atoms with Crippen LogP contribution < -0.4 is 15.4 Å². The molecule has 1 aromatic carbocycles. The number of carbonyl (C=O) groups is 2. The van der Waals surface area contributed by atoms with E-state index in [1.54, 1.807) is 31.4 Å². The molecule has 0 radical (unpaired) electrons. The summed E-state index contributed by atoms with van der Waals surface area (Å²) in [5, 5.41) is 5.31. The molecule has 21 heavy (non-hydrogen) atoms. The quantitative estimate of drug-likeness (QED) is 0.790. The van der Waals surface area contributed by atoms with Gasteiger partial charge in [-0.2, -0.15) is 0 Å². The van der Waals surface area contributed by atoms with Crippen LogP contribution in [0.2, 0.25) is 0 Å². The number of amides is 2. The zero-order chi connectivity index (χ0) is 15.8. The Hall–Kier alpha value is -2.24. The van der Waals surface area contributed by atoms with Crippen LogP contribution in [-0.4, -0.2) is 32.3 Å². The van der Waals surface area contributed by atoms with Gasteiger partial charge in [-0.25, -0.2) is 9.59 Å². The summed E-state index contributed by atoms with van der Waals surface area (Å²) < 4.78 is 9.80. The summed E-state index contributed by atoms with van der Waals surface area (Å²) in [6.07, 6.45) is 0.749. The van der Waals surface area contributed by atoms with Crippen LogP contribution >= 0.6 is 0 Å². The van der Waals surface area contributed by atoms with E-state index in [0.29, 0.717) is 11.4 Å². The van der Waals surface area contributed by atoms with Crippen molar-refractivity contribution in [3.05, 3.63) is 24.3 Å². The highest BCUT2D eigenvalue weighted by Gasteiger charge is 2.26. The number of urea groups is 1. The van der Waals surface area contributed by atoms with Crippen LogP contribution in [0.4, 0.5) is 10.5 Å². The Balaban J connectivity index is 2.71. The van der Waals surface area contributed by atoms with Gasteiger partial charge in [0, 0.05) is 11.8 Å². The SMILES string of the molecule is CC[C@H](C)[C@H](NC(=O)Nc1cccc(OC)c1)C(=O)OC. The van der Waals surface area contributed by atoms with E-state index in [4.69, 9.17) is 9.47 Å². The molecule has 0 aromatic heterocycles. The van der Waals surface area contributed by atoms with Crippen LogP contribution in [0.15, 0.2) is 24.3 Å². The third kappa shape index (κ3) is 4.98. The number of nitrogens with one attached hydrogen (secondary N) is 2. The Labute approximate surface area is 124 Å².